The molecule has 1 heteroatoms. The van der Waals surface area contributed by atoms with Crippen LogP contribution in [0, 0.1) is 11.8 Å². The third-order valence-corrected chi connectivity index (χ3v) is 5.00. The first-order chi connectivity index (χ1) is 13.5. The topological polar surface area (TPSA) is 12.0 Å². The Hall–Kier alpha value is -2.54. The van der Waals surface area contributed by atoms with Gasteiger partial charge < -0.3 is 5.32 Å². The summed E-state index contributed by atoms with van der Waals surface area (Å²) in [5.74, 6) is 1.36. The molecule has 0 bridgehead atoms. The van der Waals surface area contributed by atoms with Gasteiger partial charge in [-0.1, -0.05) is 94.4 Å². The van der Waals surface area contributed by atoms with E-state index in [1.165, 1.54) is 22.3 Å². The fraction of sp³-hybridized carbons (Fsp3) is 0.333. The van der Waals surface area contributed by atoms with E-state index in [0.717, 1.165) is 18.5 Å². The van der Waals surface area contributed by atoms with Gasteiger partial charge in [-0.25, -0.2) is 0 Å². The first kappa shape index (κ1) is 20.2. The van der Waals surface area contributed by atoms with Gasteiger partial charge in [-0.05, 0) is 59.1 Å². The molecule has 0 saturated heterocycles. The van der Waals surface area contributed by atoms with Crippen molar-refractivity contribution in [1.82, 2.24) is 0 Å². The minimum absolute atomic E-state index is 0.142. The van der Waals surface area contributed by atoms with Gasteiger partial charge in [-0.15, -0.1) is 0 Å². The van der Waals surface area contributed by atoms with Crippen molar-refractivity contribution in [3.05, 3.63) is 101 Å². The van der Waals surface area contributed by atoms with Gasteiger partial charge >= 0.3 is 0 Å². The minimum Gasteiger partial charge on any atom is -0.374 e. The molecule has 0 unspecified atom stereocenters. The van der Waals surface area contributed by atoms with E-state index in [9.17, 15) is 0 Å². The third kappa shape index (κ3) is 5.73. The highest BCUT2D eigenvalue weighted by Gasteiger charge is 2.14. The molecule has 3 aromatic rings. The SMILES string of the molecule is CC(C)Cc1ccc(C(Nc2ccccc2)c2ccc(CC(C)C)cc2)cc1. The number of nitrogens with one attached hydrogen (secondary N) is 1. The zero-order chi connectivity index (χ0) is 19.9. The summed E-state index contributed by atoms with van der Waals surface area (Å²) in [5, 5.41) is 3.73. The average molecular weight is 372 g/mol. The van der Waals surface area contributed by atoms with Gasteiger partial charge in [-0.2, -0.15) is 0 Å². The number of hydrogen-bond donors (Lipinski definition) is 1. The van der Waals surface area contributed by atoms with Crippen LogP contribution >= 0.6 is 0 Å². The normalized spacial score (nSPS) is 11.4. The van der Waals surface area contributed by atoms with E-state index in [-0.39, 0.29) is 6.04 Å². The average Bonchev–Trinajstić information content (AvgIpc) is 2.68. The Morgan fingerprint density at radius 1 is 0.571 bits per heavy atom. The van der Waals surface area contributed by atoms with Crippen molar-refractivity contribution in [3.63, 3.8) is 0 Å². The predicted molar refractivity (Wildman–Crippen MR) is 122 cm³/mol. The van der Waals surface area contributed by atoms with Crippen LogP contribution in [-0.2, 0) is 12.8 Å². The molecule has 0 spiro atoms. The summed E-state index contributed by atoms with van der Waals surface area (Å²) in [5.41, 5.74) is 6.56. The van der Waals surface area contributed by atoms with Crippen LogP contribution in [0.5, 0.6) is 0 Å². The van der Waals surface area contributed by atoms with E-state index in [0.29, 0.717) is 11.8 Å². The summed E-state index contributed by atoms with van der Waals surface area (Å²) in [6, 6.07) is 28.9. The molecule has 3 rings (SSSR count). The standard InChI is InChI=1S/C27H33N/c1-20(2)18-22-10-14-24(15-11-22)27(28-26-8-6-5-7-9-26)25-16-12-23(13-17-25)19-21(3)4/h5-17,20-21,27-28H,18-19H2,1-4H3. The maximum absolute atomic E-state index is 3.73. The highest BCUT2D eigenvalue weighted by molar-refractivity contribution is 5.49. The molecule has 0 aliphatic carbocycles. The van der Waals surface area contributed by atoms with Gasteiger partial charge in [0.25, 0.3) is 0 Å². The molecular weight excluding hydrogens is 338 g/mol. The van der Waals surface area contributed by atoms with Crippen LogP contribution in [0.15, 0.2) is 78.9 Å². The molecule has 0 fully saturated rings. The summed E-state index contributed by atoms with van der Waals surface area (Å²) < 4.78 is 0. The molecule has 0 aliphatic rings. The van der Waals surface area contributed by atoms with Crippen LogP contribution in [0.2, 0.25) is 0 Å². The predicted octanol–water partition coefficient (Wildman–Crippen LogP) is 7.29. The smallest absolute Gasteiger partial charge is 0.0767 e. The van der Waals surface area contributed by atoms with Crippen molar-refractivity contribution < 1.29 is 0 Å². The Balaban J connectivity index is 1.88. The molecule has 146 valence electrons. The fourth-order valence-electron chi connectivity index (χ4n) is 3.70. The molecule has 28 heavy (non-hydrogen) atoms. The molecule has 1 N–H and O–H groups in total. The van der Waals surface area contributed by atoms with E-state index in [2.05, 4.69) is 112 Å². The molecule has 1 nitrogen and oxygen atoms in total. The van der Waals surface area contributed by atoms with Crippen LogP contribution in [0.25, 0.3) is 0 Å². The summed E-state index contributed by atoms with van der Waals surface area (Å²) in [4.78, 5) is 0. The van der Waals surface area contributed by atoms with E-state index < -0.39 is 0 Å². The third-order valence-electron chi connectivity index (χ3n) is 5.00. The van der Waals surface area contributed by atoms with Crippen LogP contribution < -0.4 is 5.32 Å². The second kappa shape index (κ2) is 9.59. The van der Waals surface area contributed by atoms with Crippen molar-refractivity contribution in [2.24, 2.45) is 11.8 Å². The fourth-order valence-corrected chi connectivity index (χ4v) is 3.70. The Morgan fingerprint density at radius 3 is 1.39 bits per heavy atom. The number of anilines is 1. The second-order valence-corrected chi connectivity index (χ2v) is 8.62. The zero-order valence-corrected chi connectivity index (χ0v) is 17.7. The molecule has 0 atom stereocenters. The lowest BCUT2D eigenvalue weighted by Gasteiger charge is -2.22. The van der Waals surface area contributed by atoms with Gasteiger partial charge in [0.15, 0.2) is 0 Å². The maximum atomic E-state index is 3.73. The molecule has 3 aromatic carbocycles. The molecular formula is C27H33N. The number of hydrogen-bond acceptors (Lipinski definition) is 1. The van der Waals surface area contributed by atoms with E-state index in [4.69, 9.17) is 0 Å². The Morgan fingerprint density at radius 2 is 1.00 bits per heavy atom. The van der Waals surface area contributed by atoms with Gasteiger partial charge in [0.2, 0.25) is 0 Å². The number of rotatable bonds is 8. The van der Waals surface area contributed by atoms with Crippen molar-refractivity contribution in [2.45, 2.75) is 46.6 Å². The number of benzene rings is 3. The van der Waals surface area contributed by atoms with Crippen LogP contribution in [0.3, 0.4) is 0 Å². The lowest BCUT2D eigenvalue weighted by Crippen LogP contribution is -2.12. The molecule has 0 amide bonds. The van der Waals surface area contributed by atoms with Crippen molar-refractivity contribution in [3.8, 4) is 0 Å². The second-order valence-electron chi connectivity index (χ2n) is 8.62. The van der Waals surface area contributed by atoms with E-state index in [1.807, 2.05) is 0 Å². The van der Waals surface area contributed by atoms with Gasteiger partial charge in [-0.3, -0.25) is 0 Å². The molecule has 0 aliphatic heterocycles. The van der Waals surface area contributed by atoms with Crippen molar-refractivity contribution in [2.75, 3.05) is 5.32 Å². The van der Waals surface area contributed by atoms with Gasteiger partial charge in [0.1, 0.15) is 0 Å². The summed E-state index contributed by atoms with van der Waals surface area (Å²) >= 11 is 0. The largest absolute Gasteiger partial charge is 0.374 e. The van der Waals surface area contributed by atoms with Gasteiger partial charge in [0.05, 0.1) is 6.04 Å². The molecule has 0 saturated carbocycles. The molecule has 0 radical (unpaired) electrons. The van der Waals surface area contributed by atoms with Crippen LogP contribution in [0.4, 0.5) is 5.69 Å². The van der Waals surface area contributed by atoms with Crippen molar-refractivity contribution >= 4 is 5.69 Å². The number of para-hydroxylation sites is 1. The highest BCUT2D eigenvalue weighted by atomic mass is 14.9. The van der Waals surface area contributed by atoms with E-state index >= 15 is 0 Å². The lowest BCUT2D eigenvalue weighted by atomic mass is 9.94. The Bertz CT molecular complexity index is 776. The maximum Gasteiger partial charge on any atom is 0.0767 e. The monoisotopic (exact) mass is 371 g/mol. The van der Waals surface area contributed by atoms with E-state index in [1.54, 1.807) is 0 Å². The summed E-state index contributed by atoms with van der Waals surface area (Å²) in [6.45, 7) is 9.08. The molecule has 0 aromatic heterocycles. The van der Waals surface area contributed by atoms with Crippen LogP contribution in [0.1, 0.15) is 56.0 Å². The lowest BCUT2D eigenvalue weighted by molar-refractivity contribution is 0.647. The molecule has 0 heterocycles. The summed E-state index contributed by atoms with van der Waals surface area (Å²) in [7, 11) is 0. The highest BCUT2D eigenvalue weighted by Crippen LogP contribution is 2.28. The summed E-state index contributed by atoms with van der Waals surface area (Å²) in [6.07, 6.45) is 2.25. The Labute approximate surface area is 170 Å². The van der Waals surface area contributed by atoms with Crippen molar-refractivity contribution in [1.29, 1.82) is 0 Å². The first-order valence-electron chi connectivity index (χ1n) is 10.5. The van der Waals surface area contributed by atoms with Crippen LogP contribution in [-0.4, -0.2) is 0 Å². The zero-order valence-electron chi connectivity index (χ0n) is 17.7. The minimum atomic E-state index is 0.142. The Kier molecular flexibility index (Phi) is 6.92. The quantitative estimate of drug-likeness (QED) is 0.438. The van der Waals surface area contributed by atoms with Gasteiger partial charge in [0, 0.05) is 5.69 Å². The first-order valence-corrected chi connectivity index (χ1v) is 10.5.